The maximum Gasteiger partial charge on any atom is 0.157 e. The molecular formula is C8H10Cl2N2O. The molecule has 0 saturated carbocycles. The van der Waals surface area contributed by atoms with Crippen molar-refractivity contribution in [2.75, 3.05) is 0 Å². The number of halogens is 2. The summed E-state index contributed by atoms with van der Waals surface area (Å²) in [6.07, 6.45) is 0.140. The maximum atomic E-state index is 5.67. The summed E-state index contributed by atoms with van der Waals surface area (Å²) in [5.41, 5.74) is 0. The van der Waals surface area contributed by atoms with Crippen LogP contribution in [0.3, 0.4) is 0 Å². The minimum absolute atomic E-state index is 0.140. The Morgan fingerprint density at radius 2 is 1.85 bits per heavy atom. The fourth-order valence-corrected chi connectivity index (χ4v) is 1.20. The Labute approximate surface area is 87.1 Å². The van der Waals surface area contributed by atoms with Crippen molar-refractivity contribution in [1.29, 1.82) is 0 Å². The second-order valence-electron chi connectivity index (χ2n) is 2.79. The molecule has 0 fully saturated rings. The minimum Gasteiger partial charge on any atom is -0.371 e. The van der Waals surface area contributed by atoms with Crippen molar-refractivity contribution in [3.63, 3.8) is 0 Å². The Hall–Kier alpha value is -0.380. The third-order valence-electron chi connectivity index (χ3n) is 1.26. The van der Waals surface area contributed by atoms with E-state index in [1.54, 1.807) is 0 Å². The highest BCUT2D eigenvalue weighted by atomic mass is 35.5. The summed E-state index contributed by atoms with van der Waals surface area (Å²) >= 11 is 11.3. The van der Waals surface area contributed by atoms with Crippen LogP contribution in [0.2, 0.25) is 10.3 Å². The zero-order chi connectivity index (χ0) is 9.84. The summed E-state index contributed by atoms with van der Waals surface area (Å²) in [7, 11) is 0. The number of hydrogen-bond acceptors (Lipinski definition) is 3. The maximum absolute atomic E-state index is 5.67. The molecule has 0 aliphatic carbocycles. The van der Waals surface area contributed by atoms with Crippen LogP contribution in [0.15, 0.2) is 6.07 Å². The quantitative estimate of drug-likeness (QED) is 0.736. The van der Waals surface area contributed by atoms with Crippen molar-refractivity contribution in [2.45, 2.75) is 26.6 Å². The summed E-state index contributed by atoms with van der Waals surface area (Å²) in [5, 5.41) is 0.671. The molecule has 0 aromatic carbocycles. The predicted molar refractivity (Wildman–Crippen MR) is 52.0 cm³/mol. The van der Waals surface area contributed by atoms with Crippen molar-refractivity contribution < 1.29 is 4.74 Å². The van der Waals surface area contributed by atoms with Crippen molar-refractivity contribution in [3.8, 4) is 0 Å². The van der Waals surface area contributed by atoms with Crippen LogP contribution < -0.4 is 0 Å². The second kappa shape index (κ2) is 4.74. The van der Waals surface area contributed by atoms with Crippen LogP contribution in [-0.4, -0.2) is 16.1 Å². The average molecular weight is 221 g/mol. The van der Waals surface area contributed by atoms with E-state index in [9.17, 15) is 0 Å². The minimum atomic E-state index is 0.140. The van der Waals surface area contributed by atoms with Crippen LogP contribution in [0.1, 0.15) is 19.7 Å². The zero-order valence-corrected chi connectivity index (χ0v) is 8.93. The van der Waals surface area contributed by atoms with Gasteiger partial charge in [0.2, 0.25) is 0 Å². The number of hydrogen-bond donors (Lipinski definition) is 0. The normalized spacial score (nSPS) is 10.8. The van der Waals surface area contributed by atoms with Gasteiger partial charge in [-0.05, 0) is 13.8 Å². The topological polar surface area (TPSA) is 35.0 Å². The SMILES string of the molecule is CC(C)OCc1nc(Cl)cc(Cl)n1. The molecule has 5 heteroatoms. The second-order valence-corrected chi connectivity index (χ2v) is 3.56. The van der Waals surface area contributed by atoms with Crippen molar-refractivity contribution in [2.24, 2.45) is 0 Å². The lowest BCUT2D eigenvalue weighted by Crippen LogP contribution is -2.05. The van der Waals surface area contributed by atoms with E-state index in [2.05, 4.69) is 9.97 Å². The highest BCUT2D eigenvalue weighted by molar-refractivity contribution is 6.33. The van der Waals surface area contributed by atoms with Gasteiger partial charge in [-0.3, -0.25) is 0 Å². The van der Waals surface area contributed by atoms with Crippen LogP contribution in [0.25, 0.3) is 0 Å². The Morgan fingerprint density at radius 3 is 2.31 bits per heavy atom. The van der Waals surface area contributed by atoms with E-state index in [0.717, 1.165) is 0 Å². The summed E-state index contributed by atoms with van der Waals surface area (Å²) in [6, 6.07) is 1.49. The number of aromatic nitrogens is 2. The van der Waals surface area contributed by atoms with Gasteiger partial charge < -0.3 is 4.74 Å². The van der Waals surface area contributed by atoms with Crippen molar-refractivity contribution in [3.05, 3.63) is 22.2 Å². The molecule has 3 nitrogen and oxygen atoms in total. The van der Waals surface area contributed by atoms with Gasteiger partial charge in [0.1, 0.15) is 16.9 Å². The molecule has 0 amide bonds. The first-order chi connectivity index (χ1) is 6.08. The molecule has 1 aromatic rings. The standard InChI is InChI=1S/C8H10Cl2N2O/c1-5(2)13-4-8-11-6(9)3-7(10)12-8/h3,5H,4H2,1-2H3. The lowest BCUT2D eigenvalue weighted by atomic mass is 10.5. The third kappa shape index (κ3) is 3.89. The van der Waals surface area contributed by atoms with Gasteiger partial charge in [0.05, 0.1) is 6.10 Å². The van der Waals surface area contributed by atoms with Crippen molar-refractivity contribution in [1.82, 2.24) is 9.97 Å². The van der Waals surface area contributed by atoms with E-state index in [4.69, 9.17) is 27.9 Å². The van der Waals surface area contributed by atoms with Gasteiger partial charge in [0.15, 0.2) is 5.82 Å². The molecule has 1 rings (SSSR count). The summed E-state index contributed by atoms with van der Waals surface area (Å²) < 4.78 is 5.30. The number of ether oxygens (including phenoxy) is 1. The van der Waals surface area contributed by atoms with E-state index < -0.39 is 0 Å². The Morgan fingerprint density at radius 1 is 1.31 bits per heavy atom. The van der Waals surface area contributed by atoms with E-state index in [1.807, 2.05) is 13.8 Å². The van der Waals surface area contributed by atoms with Crippen LogP contribution in [0, 0.1) is 0 Å². The molecule has 72 valence electrons. The van der Waals surface area contributed by atoms with Gasteiger partial charge in [0.25, 0.3) is 0 Å². The summed E-state index contributed by atoms with van der Waals surface area (Å²) in [5.74, 6) is 0.506. The fraction of sp³-hybridized carbons (Fsp3) is 0.500. The molecular weight excluding hydrogens is 211 g/mol. The van der Waals surface area contributed by atoms with Gasteiger partial charge in [-0.2, -0.15) is 0 Å². The van der Waals surface area contributed by atoms with E-state index in [1.165, 1.54) is 6.07 Å². The Balaban J connectivity index is 2.66. The van der Waals surface area contributed by atoms with Gasteiger partial charge in [-0.15, -0.1) is 0 Å². The van der Waals surface area contributed by atoms with E-state index in [-0.39, 0.29) is 6.10 Å². The Bertz CT molecular complexity index is 271. The fourth-order valence-electron chi connectivity index (χ4n) is 0.740. The molecule has 0 N–H and O–H groups in total. The first-order valence-corrected chi connectivity index (χ1v) is 4.64. The highest BCUT2D eigenvalue weighted by Crippen LogP contribution is 2.12. The monoisotopic (exact) mass is 220 g/mol. The largest absolute Gasteiger partial charge is 0.371 e. The summed E-state index contributed by atoms with van der Waals surface area (Å²) in [4.78, 5) is 7.90. The lowest BCUT2D eigenvalue weighted by molar-refractivity contribution is 0.0613. The summed E-state index contributed by atoms with van der Waals surface area (Å²) in [6.45, 7) is 4.20. The van der Waals surface area contributed by atoms with Gasteiger partial charge in [-0.25, -0.2) is 9.97 Å². The van der Waals surface area contributed by atoms with Crippen LogP contribution in [0.4, 0.5) is 0 Å². The van der Waals surface area contributed by atoms with E-state index >= 15 is 0 Å². The molecule has 0 unspecified atom stereocenters. The zero-order valence-electron chi connectivity index (χ0n) is 7.42. The van der Waals surface area contributed by atoms with Gasteiger partial charge >= 0.3 is 0 Å². The lowest BCUT2D eigenvalue weighted by Gasteiger charge is -2.06. The van der Waals surface area contributed by atoms with Crippen LogP contribution in [0.5, 0.6) is 0 Å². The Kier molecular flexibility index (Phi) is 3.90. The number of nitrogens with zero attached hydrogens (tertiary/aromatic N) is 2. The van der Waals surface area contributed by atoms with Crippen molar-refractivity contribution >= 4 is 23.2 Å². The molecule has 13 heavy (non-hydrogen) atoms. The van der Waals surface area contributed by atoms with Gasteiger partial charge in [-0.1, -0.05) is 23.2 Å². The third-order valence-corrected chi connectivity index (χ3v) is 1.64. The molecule has 1 heterocycles. The molecule has 0 spiro atoms. The first kappa shape index (κ1) is 10.7. The van der Waals surface area contributed by atoms with Gasteiger partial charge in [0, 0.05) is 6.07 Å². The van der Waals surface area contributed by atoms with Crippen LogP contribution in [-0.2, 0) is 11.3 Å². The first-order valence-electron chi connectivity index (χ1n) is 3.88. The molecule has 0 bridgehead atoms. The molecule has 1 aromatic heterocycles. The number of rotatable bonds is 3. The molecule has 0 atom stereocenters. The highest BCUT2D eigenvalue weighted by Gasteiger charge is 2.02. The predicted octanol–water partition coefficient (Wildman–Crippen LogP) is 2.71. The van der Waals surface area contributed by atoms with E-state index in [0.29, 0.717) is 22.7 Å². The molecule has 0 saturated heterocycles. The molecule has 0 aliphatic rings. The molecule has 0 aliphatic heterocycles. The smallest absolute Gasteiger partial charge is 0.157 e. The van der Waals surface area contributed by atoms with Crippen LogP contribution >= 0.6 is 23.2 Å². The average Bonchev–Trinajstić information content (AvgIpc) is 1.99. The molecule has 0 radical (unpaired) electrons.